The van der Waals surface area contributed by atoms with Crippen LogP contribution in [0.2, 0.25) is 5.02 Å². The van der Waals surface area contributed by atoms with Gasteiger partial charge in [0.2, 0.25) is 0 Å². The first kappa shape index (κ1) is 27.8. The van der Waals surface area contributed by atoms with Crippen LogP contribution in [-0.4, -0.2) is 23.0 Å². The summed E-state index contributed by atoms with van der Waals surface area (Å²) in [4.78, 5) is 18.2. The first-order valence-corrected chi connectivity index (χ1v) is 13.7. The zero-order valence-corrected chi connectivity index (χ0v) is 24.8. The van der Waals surface area contributed by atoms with Crippen molar-refractivity contribution < 1.29 is 9.47 Å². The van der Waals surface area contributed by atoms with Gasteiger partial charge in [0, 0.05) is 26.0 Å². The fourth-order valence-corrected chi connectivity index (χ4v) is 4.80. The van der Waals surface area contributed by atoms with Crippen LogP contribution in [0, 0.1) is 11.3 Å². The van der Waals surface area contributed by atoms with Crippen molar-refractivity contribution >= 4 is 60.6 Å². The van der Waals surface area contributed by atoms with E-state index < -0.39 is 0 Å². The minimum Gasteiger partial charge on any atom is -0.493 e. The quantitative estimate of drug-likeness (QED) is 0.184. The first-order valence-electron chi connectivity index (χ1n) is 11.7. The molecule has 0 fully saturated rings. The molecule has 0 unspecified atom stereocenters. The average molecular weight is 659 g/mol. The Morgan fingerprint density at radius 2 is 2.00 bits per heavy atom. The van der Waals surface area contributed by atoms with Gasteiger partial charge in [-0.2, -0.15) is 15.0 Å². The Labute approximate surface area is 241 Å². The van der Waals surface area contributed by atoms with Crippen LogP contribution >= 0.6 is 43.5 Å². The highest BCUT2D eigenvalue weighted by Crippen LogP contribution is 2.42. The van der Waals surface area contributed by atoms with Crippen LogP contribution in [0.4, 0.5) is 0 Å². The van der Waals surface area contributed by atoms with E-state index in [1.54, 1.807) is 24.3 Å². The van der Waals surface area contributed by atoms with Crippen LogP contribution in [-0.2, 0) is 6.61 Å². The fourth-order valence-electron chi connectivity index (χ4n) is 3.79. The zero-order valence-electron chi connectivity index (χ0n) is 20.8. The number of nitrogens with zero attached hydrogens (tertiary/aromatic N) is 4. The second-order valence-corrected chi connectivity index (χ2v) is 10.6. The van der Waals surface area contributed by atoms with Crippen molar-refractivity contribution in [2.45, 2.75) is 32.8 Å². The molecule has 0 radical (unpaired) electrons. The molecule has 0 aliphatic carbocycles. The molecule has 1 heterocycles. The van der Waals surface area contributed by atoms with E-state index in [9.17, 15) is 10.1 Å². The first-order chi connectivity index (χ1) is 18.3. The molecule has 0 N–H and O–H groups in total. The summed E-state index contributed by atoms with van der Waals surface area (Å²) in [5, 5.41) is 14.6. The van der Waals surface area contributed by atoms with Crippen LogP contribution in [0.15, 0.2) is 67.4 Å². The minimum absolute atomic E-state index is 0.00141. The van der Waals surface area contributed by atoms with Crippen molar-refractivity contribution in [1.29, 1.82) is 5.26 Å². The van der Waals surface area contributed by atoms with Gasteiger partial charge in [0.1, 0.15) is 17.5 Å². The number of methoxy groups -OCH3 is 1. The summed E-state index contributed by atoms with van der Waals surface area (Å²) in [7, 11) is 1.51. The summed E-state index contributed by atoms with van der Waals surface area (Å²) in [5.74, 6) is 1.26. The molecule has 1 aromatic heterocycles. The lowest BCUT2D eigenvalue weighted by Gasteiger charge is -2.16. The van der Waals surface area contributed by atoms with Gasteiger partial charge in [0.05, 0.1) is 35.9 Å². The molecule has 7 nitrogen and oxygen atoms in total. The molecular formula is C28H23Br2ClN4O3. The molecular weight excluding hydrogens is 636 g/mol. The molecule has 3 aromatic carbocycles. The maximum Gasteiger partial charge on any atom is 0.282 e. The monoisotopic (exact) mass is 656 g/mol. The number of ether oxygens (including phenoxy) is 2. The summed E-state index contributed by atoms with van der Waals surface area (Å²) in [5.41, 5.74) is 2.16. The lowest BCUT2D eigenvalue weighted by molar-refractivity contribution is 0.284. The molecule has 0 spiro atoms. The third-order valence-electron chi connectivity index (χ3n) is 6.08. The van der Waals surface area contributed by atoms with E-state index in [0.29, 0.717) is 43.8 Å². The largest absolute Gasteiger partial charge is 0.493 e. The van der Waals surface area contributed by atoms with Gasteiger partial charge in [0.15, 0.2) is 11.5 Å². The molecule has 1 atom stereocenters. The molecule has 4 rings (SSSR count). The number of hydrogen-bond donors (Lipinski definition) is 0. The van der Waals surface area contributed by atoms with Crippen LogP contribution in [0.1, 0.15) is 48.7 Å². The highest BCUT2D eigenvalue weighted by atomic mass is 79.9. The molecule has 194 valence electrons. The summed E-state index contributed by atoms with van der Waals surface area (Å²) in [6.07, 6.45) is 2.32. The van der Waals surface area contributed by atoms with Gasteiger partial charge in [-0.15, -0.1) is 0 Å². The van der Waals surface area contributed by atoms with Gasteiger partial charge in [-0.25, -0.2) is 4.98 Å². The topological polar surface area (TPSA) is 89.5 Å². The predicted molar refractivity (Wildman–Crippen MR) is 157 cm³/mol. The third-order valence-corrected chi connectivity index (χ3v) is 8.02. The highest BCUT2D eigenvalue weighted by Gasteiger charge is 2.19. The summed E-state index contributed by atoms with van der Waals surface area (Å²) < 4.78 is 14.2. The van der Waals surface area contributed by atoms with Crippen molar-refractivity contribution in [3.63, 3.8) is 0 Å². The summed E-state index contributed by atoms with van der Waals surface area (Å²) in [6, 6.07) is 16.5. The number of halogens is 3. The molecule has 10 heteroatoms. The van der Waals surface area contributed by atoms with Gasteiger partial charge in [-0.05, 0) is 52.7 Å². The van der Waals surface area contributed by atoms with Gasteiger partial charge in [-0.3, -0.25) is 4.79 Å². The van der Waals surface area contributed by atoms with Gasteiger partial charge >= 0.3 is 0 Å². The minimum atomic E-state index is -0.270. The number of fused-ring (bicyclic) bond motifs is 1. The number of rotatable bonds is 8. The normalized spacial score (nSPS) is 12.0. The number of benzene rings is 3. The Hall–Kier alpha value is -3.19. The molecule has 0 aliphatic heterocycles. The van der Waals surface area contributed by atoms with Crippen molar-refractivity contribution in [3.8, 4) is 17.6 Å². The van der Waals surface area contributed by atoms with Crippen molar-refractivity contribution in [1.82, 2.24) is 9.66 Å². The number of nitriles is 1. The summed E-state index contributed by atoms with van der Waals surface area (Å²) >= 11 is 13.6. The molecule has 0 saturated heterocycles. The summed E-state index contributed by atoms with van der Waals surface area (Å²) in [6.45, 7) is 4.17. The van der Waals surface area contributed by atoms with Crippen LogP contribution in [0.3, 0.4) is 0 Å². The van der Waals surface area contributed by atoms with E-state index in [-0.39, 0.29) is 23.1 Å². The molecule has 4 aromatic rings. The van der Waals surface area contributed by atoms with E-state index in [2.05, 4.69) is 43.0 Å². The molecule has 0 amide bonds. The van der Waals surface area contributed by atoms with E-state index in [0.717, 1.165) is 16.5 Å². The van der Waals surface area contributed by atoms with Crippen LogP contribution < -0.4 is 15.0 Å². The standard InChI is InChI=1S/C28H23Br2ClN4O3/c1-4-16(2)27-34-22-10-9-20(29)12-21(22)28(36)35(27)33-14-19-11-23(37-3)26(25(31)24(19)30)38-15-18-8-6-5-7-17(18)13-32/h5-12,14,16H,4,15H2,1-3H3/t16-/m0/s1. The second kappa shape index (κ2) is 12.1. The Kier molecular flexibility index (Phi) is 8.87. The van der Waals surface area contributed by atoms with E-state index in [4.69, 9.17) is 26.1 Å². The van der Waals surface area contributed by atoms with Crippen molar-refractivity contribution in [2.75, 3.05) is 7.11 Å². The molecule has 0 saturated carbocycles. The number of aromatic nitrogens is 2. The molecule has 0 aliphatic rings. The third kappa shape index (κ3) is 5.63. The predicted octanol–water partition coefficient (Wildman–Crippen LogP) is 7.43. The Bertz CT molecular complexity index is 1650. The fraction of sp³-hybridized carbons (Fsp3) is 0.214. The van der Waals surface area contributed by atoms with E-state index >= 15 is 0 Å². The smallest absolute Gasteiger partial charge is 0.282 e. The van der Waals surface area contributed by atoms with Gasteiger partial charge < -0.3 is 9.47 Å². The Morgan fingerprint density at radius 3 is 2.71 bits per heavy atom. The van der Waals surface area contributed by atoms with Gasteiger partial charge in [0.25, 0.3) is 5.56 Å². The molecule has 0 bridgehead atoms. The second-order valence-electron chi connectivity index (χ2n) is 8.49. The van der Waals surface area contributed by atoms with E-state index in [1.165, 1.54) is 18.0 Å². The van der Waals surface area contributed by atoms with Crippen LogP contribution in [0.5, 0.6) is 11.5 Å². The highest BCUT2D eigenvalue weighted by molar-refractivity contribution is 9.10. The van der Waals surface area contributed by atoms with Crippen LogP contribution in [0.25, 0.3) is 10.9 Å². The lowest BCUT2D eigenvalue weighted by atomic mass is 10.1. The lowest BCUT2D eigenvalue weighted by Crippen LogP contribution is -2.23. The SMILES string of the molecule is CC[C@H](C)c1nc2ccc(Br)cc2c(=O)n1N=Cc1cc(OC)c(OCc2ccccc2C#N)c(Cl)c1Br. The maximum absolute atomic E-state index is 13.4. The maximum atomic E-state index is 13.4. The number of hydrogen-bond acceptors (Lipinski definition) is 6. The van der Waals surface area contributed by atoms with Gasteiger partial charge in [-0.1, -0.05) is 59.6 Å². The van der Waals surface area contributed by atoms with E-state index in [1.807, 2.05) is 38.1 Å². The van der Waals surface area contributed by atoms with Crippen molar-refractivity contribution in [3.05, 3.63) is 95.4 Å². The molecule has 38 heavy (non-hydrogen) atoms. The Balaban J connectivity index is 1.75. The van der Waals surface area contributed by atoms with Crippen molar-refractivity contribution in [2.24, 2.45) is 5.10 Å². The average Bonchev–Trinajstić information content (AvgIpc) is 2.93. The Morgan fingerprint density at radius 1 is 1.24 bits per heavy atom. The zero-order chi connectivity index (χ0) is 27.4.